The van der Waals surface area contributed by atoms with Gasteiger partial charge in [-0.3, -0.25) is 0 Å². The molecule has 0 bridgehead atoms. The van der Waals surface area contributed by atoms with Crippen molar-refractivity contribution in [3.63, 3.8) is 0 Å². The molecule has 1 aliphatic heterocycles. The summed E-state index contributed by atoms with van der Waals surface area (Å²) in [4.78, 5) is 5.16. The molecule has 0 aromatic carbocycles. The average Bonchev–Trinajstić information content (AvgIpc) is 2.67. The maximum absolute atomic E-state index is 2.59. The van der Waals surface area contributed by atoms with E-state index in [1.807, 2.05) is 0 Å². The molecule has 2 unspecified atom stereocenters. The highest BCUT2D eigenvalue weighted by Crippen LogP contribution is 2.22. The van der Waals surface area contributed by atoms with Gasteiger partial charge in [-0.2, -0.15) is 0 Å². The van der Waals surface area contributed by atoms with Crippen LogP contribution in [0, 0.1) is 5.92 Å². The van der Waals surface area contributed by atoms with Crippen molar-refractivity contribution in [3.8, 4) is 0 Å². The molecule has 0 saturated carbocycles. The van der Waals surface area contributed by atoms with Crippen LogP contribution in [-0.2, 0) is 0 Å². The maximum atomic E-state index is 2.59. The Bertz CT molecular complexity index is 154. The fourth-order valence-corrected chi connectivity index (χ4v) is 2.64. The Morgan fingerprint density at radius 2 is 1.93 bits per heavy atom. The molecule has 2 nitrogen and oxygen atoms in total. The molecular formula is C12H26N2. The Morgan fingerprint density at radius 3 is 2.36 bits per heavy atom. The van der Waals surface area contributed by atoms with Crippen molar-refractivity contribution in [1.29, 1.82) is 0 Å². The van der Waals surface area contributed by atoms with Crippen LogP contribution >= 0.6 is 0 Å². The van der Waals surface area contributed by atoms with Gasteiger partial charge < -0.3 is 9.80 Å². The van der Waals surface area contributed by atoms with E-state index in [1.165, 1.54) is 39.1 Å². The van der Waals surface area contributed by atoms with Gasteiger partial charge in [-0.25, -0.2) is 0 Å². The summed E-state index contributed by atoms with van der Waals surface area (Å²) in [5, 5.41) is 0. The van der Waals surface area contributed by atoms with Crippen LogP contribution in [0.3, 0.4) is 0 Å². The second kappa shape index (κ2) is 5.72. The molecule has 0 aromatic rings. The molecule has 1 aliphatic rings. The zero-order valence-electron chi connectivity index (χ0n) is 10.3. The largest absolute Gasteiger partial charge is 0.303 e. The van der Waals surface area contributed by atoms with Gasteiger partial charge in [-0.1, -0.05) is 20.8 Å². The van der Waals surface area contributed by atoms with Crippen LogP contribution < -0.4 is 0 Å². The average molecular weight is 198 g/mol. The Kier molecular flexibility index (Phi) is 4.90. The molecule has 1 fully saturated rings. The van der Waals surface area contributed by atoms with Gasteiger partial charge in [0.25, 0.3) is 0 Å². The Balaban J connectivity index is 2.41. The quantitative estimate of drug-likeness (QED) is 0.667. The van der Waals surface area contributed by atoms with E-state index in [4.69, 9.17) is 0 Å². The van der Waals surface area contributed by atoms with Crippen molar-refractivity contribution in [2.24, 2.45) is 5.92 Å². The van der Waals surface area contributed by atoms with Crippen molar-refractivity contribution < 1.29 is 0 Å². The molecule has 0 amide bonds. The second-order valence-electron chi connectivity index (χ2n) is 4.40. The van der Waals surface area contributed by atoms with E-state index in [2.05, 4.69) is 37.5 Å². The first-order valence-corrected chi connectivity index (χ1v) is 6.19. The minimum absolute atomic E-state index is 0.765. The molecule has 84 valence electrons. The third-order valence-electron chi connectivity index (χ3n) is 3.83. The summed E-state index contributed by atoms with van der Waals surface area (Å²) in [7, 11) is 0. The lowest BCUT2D eigenvalue weighted by molar-refractivity contribution is 0.169. The van der Waals surface area contributed by atoms with E-state index in [-0.39, 0.29) is 0 Å². The first-order valence-electron chi connectivity index (χ1n) is 6.19. The summed E-state index contributed by atoms with van der Waals surface area (Å²) in [6.07, 6.45) is 1.39. The van der Waals surface area contributed by atoms with Crippen LogP contribution in [0.15, 0.2) is 0 Å². The smallest absolute Gasteiger partial charge is 0.0108 e. The van der Waals surface area contributed by atoms with Crippen LogP contribution in [0.4, 0.5) is 0 Å². The second-order valence-corrected chi connectivity index (χ2v) is 4.40. The number of hydrogen-bond donors (Lipinski definition) is 0. The van der Waals surface area contributed by atoms with Gasteiger partial charge in [0.1, 0.15) is 0 Å². The summed E-state index contributed by atoms with van der Waals surface area (Å²) in [5.74, 6) is 0.898. The van der Waals surface area contributed by atoms with Gasteiger partial charge in [0.2, 0.25) is 0 Å². The standard InChI is InChI=1S/C12H26N2/c1-5-13-9-8-12(10-13)11(4)14(6-2)7-3/h11-12H,5-10H2,1-4H3. The fraction of sp³-hybridized carbons (Fsp3) is 1.00. The number of rotatable bonds is 5. The number of hydrogen-bond acceptors (Lipinski definition) is 2. The van der Waals surface area contributed by atoms with E-state index in [1.54, 1.807) is 0 Å². The molecule has 14 heavy (non-hydrogen) atoms. The fourth-order valence-electron chi connectivity index (χ4n) is 2.64. The Labute approximate surface area is 89.3 Å². The van der Waals surface area contributed by atoms with Crippen LogP contribution in [0.1, 0.15) is 34.1 Å². The minimum atomic E-state index is 0.765. The Hall–Kier alpha value is -0.0800. The zero-order chi connectivity index (χ0) is 10.6. The van der Waals surface area contributed by atoms with E-state index < -0.39 is 0 Å². The first kappa shape index (κ1) is 12.0. The SMILES string of the molecule is CCN1CCC(C(C)N(CC)CC)C1. The third kappa shape index (κ3) is 2.71. The number of nitrogens with zero attached hydrogens (tertiary/aromatic N) is 2. The van der Waals surface area contributed by atoms with Crippen LogP contribution in [0.2, 0.25) is 0 Å². The van der Waals surface area contributed by atoms with Crippen LogP contribution in [-0.4, -0.2) is 48.6 Å². The molecular weight excluding hydrogens is 172 g/mol. The van der Waals surface area contributed by atoms with Gasteiger partial charge in [-0.05, 0) is 45.4 Å². The molecule has 0 spiro atoms. The maximum Gasteiger partial charge on any atom is 0.0108 e. The molecule has 1 saturated heterocycles. The Morgan fingerprint density at radius 1 is 1.29 bits per heavy atom. The van der Waals surface area contributed by atoms with Gasteiger partial charge >= 0.3 is 0 Å². The molecule has 0 aliphatic carbocycles. The van der Waals surface area contributed by atoms with Crippen LogP contribution in [0.5, 0.6) is 0 Å². The topological polar surface area (TPSA) is 6.48 Å². The van der Waals surface area contributed by atoms with Crippen molar-refractivity contribution >= 4 is 0 Å². The summed E-state index contributed by atoms with van der Waals surface area (Å²) < 4.78 is 0. The van der Waals surface area contributed by atoms with E-state index >= 15 is 0 Å². The molecule has 2 heteroatoms. The zero-order valence-corrected chi connectivity index (χ0v) is 10.3. The molecule has 0 aromatic heterocycles. The molecule has 1 rings (SSSR count). The summed E-state index contributed by atoms with van der Waals surface area (Å²) >= 11 is 0. The summed E-state index contributed by atoms with van der Waals surface area (Å²) in [6.45, 7) is 15.4. The van der Waals surface area contributed by atoms with Crippen molar-refractivity contribution in [1.82, 2.24) is 9.80 Å². The predicted molar refractivity (Wildman–Crippen MR) is 62.6 cm³/mol. The lowest BCUT2D eigenvalue weighted by atomic mass is 9.99. The van der Waals surface area contributed by atoms with Crippen molar-refractivity contribution in [2.45, 2.75) is 40.2 Å². The lowest BCUT2D eigenvalue weighted by Gasteiger charge is -2.31. The minimum Gasteiger partial charge on any atom is -0.303 e. The normalized spacial score (nSPS) is 25.9. The molecule has 0 N–H and O–H groups in total. The first-order chi connectivity index (χ1) is 6.72. The summed E-state index contributed by atoms with van der Waals surface area (Å²) in [6, 6.07) is 0.765. The van der Waals surface area contributed by atoms with Crippen molar-refractivity contribution in [2.75, 3.05) is 32.7 Å². The van der Waals surface area contributed by atoms with Gasteiger partial charge in [0, 0.05) is 12.6 Å². The molecule has 0 radical (unpaired) electrons. The highest BCUT2D eigenvalue weighted by Gasteiger charge is 2.28. The van der Waals surface area contributed by atoms with Gasteiger partial charge in [-0.15, -0.1) is 0 Å². The highest BCUT2D eigenvalue weighted by atomic mass is 15.2. The van der Waals surface area contributed by atoms with E-state index in [0.717, 1.165) is 12.0 Å². The highest BCUT2D eigenvalue weighted by molar-refractivity contribution is 4.83. The monoisotopic (exact) mass is 198 g/mol. The van der Waals surface area contributed by atoms with Gasteiger partial charge in [0.15, 0.2) is 0 Å². The summed E-state index contributed by atoms with van der Waals surface area (Å²) in [5.41, 5.74) is 0. The van der Waals surface area contributed by atoms with Gasteiger partial charge in [0.05, 0.1) is 0 Å². The number of likely N-dealkylation sites (tertiary alicyclic amines) is 1. The lowest BCUT2D eigenvalue weighted by Crippen LogP contribution is -2.39. The van der Waals surface area contributed by atoms with E-state index in [9.17, 15) is 0 Å². The third-order valence-corrected chi connectivity index (χ3v) is 3.83. The molecule has 2 atom stereocenters. The predicted octanol–water partition coefficient (Wildman–Crippen LogP) is 2.06. The van der Waals surface area contributed by atoms with Crippen molar-refractivity contribution in [3.05, 3.63) is 0 Å². The van der Waals surface area contributed by atoms with Crippen LogP contribution in [0.25, 0.3) is 0 Å². The van der Waals surface area contributed by atoms with E-state index in [0.29, 0.717) is 0 Å². The molecule has 1 heterocycles.